The third kappa shape index (κ3) is 4.41. The number of halogens is 3. The molecule has 3 heterocycles. The van der Waals surface area contributed by atoms with Crippen molar-refractivity contribution in [3.8, 4) is 0 Å². The number of hydrogen-bond acceptors (Lipinski definition) is 8. The molecule has 0 aromatic rings. The fourth-order valence-corrected chi connectivity index (χ4v) is 3.74. The van der Waals surface area contributed by atoms with Crippen LogP contribution in [0.15, 0.2) is 22.5 Å². The highest BCUT2D eigenvalue weighted by atomic mass is 19.4. The van der Waals surface area contributed by atoms with Gasteiger partial charge in [0, 0.05) is 0 Å². The number of alkyl halides is 3. The lowest BCUT2D eigenvalue weighted by atomic mass is 10.0. The number of carboxylic acid groups (broad SMARTS) is 1. The third-order valence-electron chi connectivity index (χ3n) is 4.86. The first-order valence-electron chi connectivity index (χ1n) is 9.08. The van der Waals surface area contributed by atoms with Crippen LogP contribution in [-0.4, -0.2) is 60.4 Å². The Hall–Kier alpha value is -3.05. The first-order chi connectivity index (χ1) is 13.9. The number of aliphatic carboxylic acids is 1. The number of allylic oxidation sites excluding steroid dienone is 2. The molecule has 0 aliphatic carbocycles. The molecule has 3 rings (SSSR count). The van der Waals surface area contributed by atoms with Crippen molar-refractivity contribution in [1.82, 2.24) is 10.6 Å². The molecule has 0 aromatic heterocycles. The molecule has 3 aliphatic heterocycles. The summed E-state index contributed by atoms with van der Waals surface area (Å²) in [7, 11) is 1.39. The van der Waals surface area contributed by atoms with E-state index in [4.69, 9.17) is 19.4 Å². The van der Waals surface area contributed by atoms with Crippen LogP contribution in [0.25, 0.3) is 0 Å². The zero-order valence-corrected chi connectivity index (χ0v) is 16.8. The zero-order valence-electron chi connectivity index (χ0n) is 16.8. The van der Waals surface area contributed by atoms with Gasteiger partial charge in [-0.25, -0.2) is 24.8 Å². The number of methoxy groups -OCH3 is 1. The Morgan fingerprint density at radius 1 is 1.07 bits per heavy atom. The fraction of sp³-hybridized carbons (Fsp3) is 0.556. The van der Waals surface area contributed by atoms with Crippen molar-refractivity contribution in [3.05, 3.63) is 22.5 Å². The standard InChI is InChI=1S/C16H21N3O4.C2HF3O2/c1-5-23-15(21)13-9(3)18-16-17-8(2)12(14(20)22-4)10-6-7-11(13)19(10)16;3-2(4,5)1(6)7/h10-11H,5-7H2,1-4H3,(H,17,18,20,21);(H,6,7)/t10-,11-;/m1./s1. The largest absolute Gasteiger partial charge is 0.542 e. The van der Waals surface area contributed by atoms with Crippen LogP contribution in [0.1, 0.15) is 33.6 Å². The van der Waals surface area contributed by atoms with Gasteiger partial charge in [-0.05, 0) is 33.6 Å². The van der Waals surface area contributed by atoms with Crippen molar-refractivity contribution < 1.29 is 46.7 Å². The average Bonchev–Trinajstić information content (AvgIpc) is 3.06. The van der Waals surface area contributed by atoms with E-state index in [1.54, 1.807) is 6.92 Å². The van der Waals surface area contributed by atoms with Gasteiger partial charge >= 0.3 is 24.1 Å². The number of carboxylic acids is 1. The second-order valence-corrected chi connectivity index (χ2v) is 6.69. The van der Waals surface area contributed by atoms with Gasteiger partial charge in [-0.2, -0.15) is 13.2 Å². The minimum atomic E-state index is -5.19. The Morgan fingerprint density at radius 3 is 1.87 bits per heavy atom. The van der Waals surface area contributed by atoms with Gasteiger partial charge in [0.25, 0.3) is 0 Å². The predicted octanol–water partition coefficient (Wildman–Crippen LogP) is -0.325. The summed E-state index contributed by atoms with van der Waals surface area (Å²) in [5, 5.41) is 15.3. The molecule has 0 radical (unpaired) electrons. The summed E-state index contributed by atoms with van der Waals surface area (Å²) in [5.74, 6) is -2.82. The van der Waals surface area contributed by atoms with Crippen molar-refractivity contribution in [2.45, 2.75) is 51.9 Å². The summed E-state index contributed by atoms with van der Waals surface area (Å²) < 4.78 is 43.7. The maximum atomic E-state index is 12.3. The normalized spacial score (nSPS) is 22.4. The SMILES string of the molecule is CCOC(=O)C1=C(C)NC2=[N+]3[C@H](CC[C@H]13)C(C(=O)OC)=C(C)N2.O=C([O-])C(F)(F)F. The molecule has 0 unspecified atom stereocenters. The van der Waals surface area contributed by atoms with E-state index in [9.17, 15) is 22.8 Å². The van der Waals surface area contributed by atoms with Gasteiger partial charge < -0.3 is 19.4 Å². The van der Waals surface area contributed by atoms with E-state index in [-0.39, 0.29) is 24.0 Å². The molecule has 0 spiro atoms. The van der Waals surface area contributed by atoms with Gasteiger partial charge in [0.2, 0.25) is 0 Å². The number of guanidine groups is 1. The molecule has 2 atom stereocenters. The van der Waals surface area contributed by atoms with E-state index in [2.05, 4.69) is 15.2 Å². The molecule has 9 nitrogen and oxygen atoms in total. The monoisotopic (exact) mass is 433 g/mol. The molecule has 0 aromatic carbocycles. The highest BCUT2D eigenvalue weighted by Gasteiger charge is 2.50. The van der Waals surface area contributed by atoms with E-state index in [0.717, 1.165) is 30.2 Å². The quantitative estimate of drug-likeness (QED) is 0.459. The number of carbonyl (C=O) groups is 3. The maximum absolute atomic E-state index is 12.3. The lowest BCUT2D eigenvalue weighted by molar-refractivity contribution is -0.567. The number of nitrogens with zero attached hydrogens (tertiary/aromatic N) is 1. The van der Waals surface area contributed by atoms with E-state index < -0.39 is 12.1 Å². The highest BCUT2D eigenvalue weighted by molar-refractivity contribution is 5.96. The predicted molar refractivity (Wildman–Crippen MR) is 93.5 cm³/mol. The van der Waals surface area contributed by atoms with Crippen LogP contribution in [0.4, 0.5) is 13.2 Å². The Bertz CT molecular complexity index is 860. The van der Waals surface area contributed by atoms with Gasteiger partial charge in [0.15, 0.2) is 0 Å². The van der Waals surface area contributed by atoms with Crippen LogP contribution >= 0.6 is 0 Å². The van der Waals surface area contributed by atoms with Gasteiger partial charge in [-0.1, -0.05) is 0 Å². The number of hydrogen-bond donors (Lipinski definition) is 2. The Morgan fingerprint density at radius 2 is 1.50 bits per heavy atom. The number of carbonyl (C=O) groups excluding carboxylic acids is 3. The van der Waals surface area contributed by atoms with E-state index >= 15 is 0 Å². The molecule has 166 valence electrons. The molecular formula is C18H22F3N3O6. The lowest BCUT2D eigenvalue weighted by Gasteiger charge is -2.31. The molecule has 0 amide bonds. The minimum Gasteiger partial charge on any atom is -0.542 e. The topological polar surface area (TPSA) is 120 Å². The van der Waals surface area contributed by atoms with Crippen LogP contribution in [0.2, 0.25) is 0 Å². The van der Waals surface area contributed by atoms with Crippen molar-refractivity contribution in [2.24, 2.45) is 0 Å². The van der Waals surface area contributed by atoms with Gasteiger partial charge in [-0.3, -0.25) is 0 Å². The second-order valence-electron chi connectivity index (χ2n) is 6.69. The first-order valence-corrected chi connectivity index (χ1v) is 9.08. The lowest BCUT2D eigenvalue weighted by Crippen LogP contribution is -2.56. The summed E-state index contributed by atoms with van der Waals surface area (Å²) in [6.07, 6.45) is -3.62. The Kier molecular flexibility index (Phi) is 6.78. The summed E-state index contributed by atoms with van der Waals surface area (Å²) >= 11 is 0. The third-order valence-corrected chi connectivity index (χ3v) is 4.86. The summed E-state index contributed by atoms with van der Waals surface area (Å²) in [4.78, 5) is 33.3. The van der Waals surface area contributed by atoms with Crippen LogP contribution in [0, 0.1) is 0 Å². The van der Waals surface area contributed by atoms with Crippen LogP contribution in [0.5, 0.6) is 0 Å². The highest BCUT2D eigenvalue weighted by Crippen LogP contribution is 2.35. The van der Waals surface area contributed by atoms with Gasteiger partial charge in [0.05, 0.1) is 25.1 Å². The van der Waals surface area contributed by atoms with Crippen molar-refractivity contribution in [2.75, 3.05) is 13.7 Å². The van der Waals surface area contributed by atoms with Gasteiger partial charge in [-0.15, -0.1) is 0 Å². The molecule has 1 fully saturated rings. The van der Waals surface area contributed by atoms with Crippen LogP contribution in [0.3, 0.4) is 0 Å². The molecular weight excluding hydrogens is 411 g/mol. The Balaban J connectivity index is 0.000000396. The first kappa shape index (κ1) is 23.2. The molecule has 30 heavy (non-hydrogen) atoms. The Labute approximate surface area is 170 Å². The number of nitrogens with one attached hydrogen (secondary N) is 2. The second kappa shape index (κ2) is 8.76. The fourth-order valence-electron chi connectivity index (χ4n) is 3.74. The van der Waals surface area contributed by atoms with Crippen LogP contribution in [-0.2, 0) is 23.9 Å². The van der Waals surface area contributed by atoms with Crippen LogP contribution < -0.4 is 15.7 Å². The summed E-state index contributed by atoms with van der Waals surface area (Å²) in [6.45, 7) is 5.88. The van der Waals surface area contributed by atoms with Gasteiger partial charge in [0.1, 0.15) is 29.2 Å². The smallest absolute Gasteiger partial charge is 0.430 e. The van der Waals surface area contributed by atoms with E-state index in [0.29, 0.717) is 17.8 Å². The number of rotatable bonds is 3. The molecule has 1 saturated heterocycles. The molecule has 12 heteroatoms. The van der Waals surface area contributed by atoms with Crippen molar-refractivity contribution in [3.63, 3.8) is 0 Å². The van der Waals surface area contributed by atoms with E-state index in [1.807, 2.05) is 13.8 Å². The molecule has 3 aliphatic rings. The molecule has 0 bridgehead atoms. The van der Waals surface area contributed by atoms with Crippen molar-refractivity contribution >= 4 is 23.9 Å². The summed E-state index contributed by atoms with van der Waals surface area (Å²) in [6, 6.07) is -0.177. The van der Waals surface area contributed by atoms with E-state index in [1.165, 1.54) is 7.11 Å². The maximum Gasteiger partial charge on any atom is 0.430 e. The van der Waals surface area contributed by atoms with Crippen molar-refractivity contribution in [1.29, 1.82) is 0 Å². The number of ether oxygens (including phenoxy) is 2. The number of esters is 2. The average molecular weight is 433 g/mol. The molecule has 0 saturated carbocycles. The molecule has 2 N–H and O–H groups in total. The zero-order chi connectivity index (χ0) is 22.8. The summed E-state index contributed by atoms with van der Waals surface area (Å²) in [5.41, 5.74) is 2.85. The minimum absolute atomic E-state index is 0.0874.